The molecule has 1 aromatic heterocycles. The summed E-state index contributed by atoms with van der Waals surface area (Å²) < 4.78 is 35.9. The van der Waals surface area contributed by atoms with Gasteiger partial charge in [-0.05, 0) is 44.1 Å². The highest BCUT2D eigenvalue weighted by atomic mass is 32.2. The van der Waals surface area contributed by atoms with E-state index in [9.17, 15) is 13.2 Å². The van der Waals surface area contributed by atoms with Gasteiger partial charge in [0.1, 0.15) is 0 Å². The summed E-state index contributed by atoms with van der Waals surface area (Å²) >= 11 is 0. The highest BCUT2D eigenvalue weighted by Gasteiger charge is 2.38. The van der Waals surface area contributed by atoms with Gasteiger partial charge in [-0.2, -0.15) is 22.1 Å². The highest BCUT2D eigenvalue weighted by Crippen LogP contribution is 2.30. The van der Waals surface area contributed by atoms with Crippen molar-refractivity contribution in [3.8, 4) is 0 Å². The molecule has 3 rings (SSSR count). The Bertz CT molecular complexity index is 725. The van der Waals surface area contributed by atoms with E-state index in [0.29, 0.717) is 45.0 Å². The fourth-order valence-corrected chi connectivity index (χ4v) is 5.57. The van der Waals surface area contributed by atoms with Crippen LogP contribution in [0.3, 0.4) is 0 Å². The first-order chi connectivity index (χ1) is 12.4. The predicted molar refractivity (Wildman–Crippen MR) is 96.6 cm³/mol. The predicted octanol–water partition coefficient (Wildman–Crippen LogP) is 1.12. The number of aromatic nitrogens is 2. The molecular weight excluding hydrogens is 356 g/mol. The third-order valence-electron chi connectivity index (χ3n) is 5.31. The van der Waals surface area contributed by atoms with Crippen molar-refractivity contribution < 1.29 is 17.9 Å². The molecule has 2 fully saturated rings. The van der Waals surface area contributed by atoms with E-state index in [2.05, 4.69) is 5.10 Å². The van der Waals surface area contributed by atoms with Crippen molar-refractivity contribution >= 4 is 16.2 Å². The lowest BCUT2D eigenvalue weighted by Crippen LogP contribution is -2.51. The van der Waals surface area contributed by atoms with Crippen molar-refractivity contribution in [1.82, 2.24) is 18.4 Å². The van der Waals surface area contributed by atoms with Gasteiger partial charge in [0.15, 0.2) is 0 Å². The fourth-order valence-electron chi connectivity index (χ4n) is 3.84. The number of rotatable bonds is 5. The maximum atomic E-state index is 13.0. The molecule has 0 aromatic carbocycles. The molecule has 0 spiro atoms. The summed E-state index contributed by atoms with van der Waals surface area (Å²) in [5, 5.41) is 4.21. The minimum atomic E-state index is -3.53. The first-order valence-corrected chi connectivity index (χ1v) is 10.7. The third kappa shape index (κ3) is 4.10. The van der Waals surface area contributed by atoms with Crippen molar-refractivity contribution in [3.05, 3.63) is 18.0 Å². The van der Waals surface area contributed by atoms with E-state index in [4.69, 9.17) is 4.74 Å². The molecular formula is C17H28N4O4S. The van der Waals surface area contributed by atoms with E-state index >= 15 is 0 Å². The van der Waals surface area contributed by atoms with Gasteiger partial charge in [-0.1, -0.05) is 0 Å². The molecule has 9 heteroatoms. The van der Waals surface area contributed by atoms with Crippen molar-refractivity contribution in [2.75, 3.05) is 32.8 Å². The molecule has 0 aliphatic carbocycles. The Kier molecular flexibility index (Phi) is 5.99. The zero-order chi connectivity index (χ0) is 18.7. The zero-order valence-corrected chi connectivity index (χ0v) is 16.3. The number of carbonyl (C=O) groups excluding carboxylic acids is 1. The van der Waals surface area contributed by atoms with Crippen LogP contribution in [0.15, 0.2) is 12.4 Å². The lowest BCUT2D eigenvalue weighted by Gasteiger charge is -2.37. The lowest BCUT2D eigenvalue weighted by molar-refractivity contribution is -0.149. The fraction of sp³-hybridized carbons (Fsp3) is 0.765. The number of nitrogens with zero attached hydrogens (tertiary/aromatic N) is 4. The molecule has 26 heavy (non-hydrogen) atoms. The Labute approximate surface area is 155 Å². The number of piperidine rings is 2. The van der Waals surface area contributed by atoms with Crippen LogP contribution < -0.4 is 0 Å². The summed E-state index contributed by atoms with van der Waals surface area (Å²) in [6, 6.07) is 0. The Morgan fingerprint density at radius 1 is 1.23 bits per heavy atom. The van der Waals surface area contributed by atoms with Gasteiger partial charge in [-0.3, -0.25) is 9.48 Å². The number of hydrogen-bond acceptors (Lipinski definition) is 5. The number of carbonyl (C=O) groups is 1. The summed E-state index contributed by atoms with van der Waals surface area (Å²) in [6.07, 6.45) is 6.83. The quantitative estimate of drug-likeness (QED) is 0.710. The first-order valence-electron chi connectivity index (χ1n) is 9.32. The van der Waals surface area contributed by atoms with E-state index < -0.39 is 10.2 Å². The summed E-state index contributed by atoms with van der Waals surface area (Å²) in [7, 11) is -1.64. The molecule has 2 aliphatic rings. The Balaban J connectivity index is 1.60. The highest BCUT2D eigenvalue weighted by molar-refractivity contribution is 7.86. The van der Waals surface area contributed by atoms with Crippen LogP contribution in [0.2, 0.25) is 0 Å². The van der Waals surface area contributed by atoms with Crippen LogP contribution in [-0.4, -0.2) is 65.6 Å². The Hall–Kier alpha value is -1.45. The molecule has 1 atom stereocenters. The molecule has 0 bridgehead atoms. The van der Waals surface area contributed by atoms with Crippen LogP contribution in [0.25, 0.3) is 0 Å². The number of esters is 1. The van der Waals surface area contributed by atoms with Crippen molar-refractivity contribution in [1.29, 1.82) is 0 Å². The first kappa shape index (κ1) is 19.3. The van der Waals surface area contributed by atoms with Gasteiger partial charge in [-0.15, -0.1) is 0 Å². The second-order valence-corrected chi connectivity index (χ2v) is 9.01. The molecule has 0 saturated carbocycles. The second-order valence-electron chi connectivity index (χ2n) is 7.08. The van der Waals surface area contributed by atoms with E-state index in [-0.39, 0.29) is 18.4 Å². The molecule has 3 heterocycles. The largest absolute Gasteiger partial charge is 0.466 e. The van der Waals surface area contributed by atoms with Gasteiger partial charge in [0.05, 0.1) is 18.7 Å². The number of aryl methyl sites for hydroxylation is 1. The molecule has 0 amide bonds. The lowest BCUT2D eigenvalue weighted by atomic mass is 9.93. The smallest absolute Gasteiger partial charge is 0.310 e. The van der Waals surface area contributed by atoms with Crippen LogP contribution in [0.4, 0.5) is 0 Å². The zero-order valence-electron chi connectivity index (χ0n) is 15.5. The van der Waals surface area contributed by atoms with Crippen LogP contribution in [0.5, 0.6) is 0 Å². The van der Waals surface area contributed by atoms with Crippen molar-refractivity contribution in [2.45, 2.75) is 38.5 Å². The number of ether oxygens (including phenoxy) is 1. The van der Waals surface area contributed by atoms with E-state index in [0.717, 1.165) is 12.8 Å². The number of hydrogen-bond donors (Lipinski definition) is 0. The molecule has 2 aliphatic heterocycles. The maximum absolute atomic E-state index is 13.0. The molecule has 1 unspecified atom stereocenters. The van der Waals surface area contributed by atoms with Crippen molar-refractivity contribution in [2.24, 2.45) is 13.0 Å². The maximum Gasteiger partial charge on any atom is 0.310 e. The van der Waals surface area contributed by atoms with Crippen molar-refractivity contribution in [3.63, 3.8) is 0 Å². The SMILES string of the molecule is CCOC(=O)C1CCCN(S(=O)(=O)N2CCC(c3cnn(C)c3)CC2)C1. The monoisotopic (exact) mass is 384 g/mol. The van der Waals surface area contributed by atoms with Gasteiger partial charge in [0.2, 0.25) is 0 Å². The molecule has 146 valence electrons. The van der Waals surface area contributed by atoms with Gasteiger partial charge < -0.3 is 4.74 Å². The topological polar surface area (TPSA) is 84.7 Å². The van der Waals surface area contributed by atoms with E-state index in [1.807, 2.05) is 19.4 Å². The van der Waals surface area contributed by atoms with Gasteiger partial charge in [-0.25, -0.2) is 0 Å². The molecule has 8 nitrogen and oxygen atoms in total. The molecule has 2 saturated heterocycles. The van der Waals surface area contributed by atoms with E-state index in [1.165, 1.54) is 9.87 Å². The van der Waals surface area contributed by atoms with Gasteiger partial charge in [0, 0.05) is 39.4 Å². The summed E-state index contributed by atoms with van der Waals surface area (Å²) in [6.45, 7) is 3.79. The van der Waals surface area contributed by atoms with E-state index in [1.54, 1.807) is 15.9 Å². The normalized spacial score (nSPS) is 23.8. The average Bonchev–Trinajstić information content (AvgIpc) is 3.08. The summed E-state index contributed by atoms with van der Waals surface area (Å²) in [4.78, 5) is 12.0. The Morgan fingerprint density at radius 2 is 1.96 bits per heavy atom. The Morgan fingerprint density at radius 3 is 2.58 bits per heavy atom. The standard InChI is InChI=1S/C17H28N4O4S/c1-3-25-17(22)15-5-4-8-21(13-15)26(23,24)20-9-6-14(7-10-20)16-11-18-19(2)12-16/h11-12,14-15H,3-10,13H2,1-2H3. The minimum Gasteiger partial charge on any atom is -0.466 e. The second kappa shape index (κ2) is 8.06. The third-order valence-corrected chi connectivity index (χ3v) is 7.31. The minimum absolute atomic E-state index is 0.226. The molecule has 1 aromatic rings. The van der Waals surface area contributed by atoms with Crippen LogP contribution in [0.1, 0.15) is 44.1 Å². The van der Waals surface area contributed by atoms with Crippen LogP contribution >= 0.6 is 0 Å². The van der Waals surface area contributed by atoms with Crippen LogP contribution in [0, 0.1) is 5.92 Å². The van der Waals surface area contributed by atoms with Crippen LogP contribution in [-0.2, 0) is 26.8 Å². The summed E-state index contributed by atoms with van der Waals surface area (Å²) in [5.74, 6) is -0.294. The van der Waals surface area contributed by atoms with Gasteiger partial charge >= 0.3 is 5.97 Å². The summed E-state index contributed by atoms with van der Waals surface area (Å²) in [5.41, 5.74) is 1.17. The van der Waals surface area contributed by atoms with Gasteiger partial charge in [0.25, 0.3) is 10.2 Å². The average molecular weight is 385 g/mol. The molecule has 0 radical (unpaired) electrons. The molecule has 0 N–H and O–H groups in total.